The van der Waals surface area contributed by atoms with Gasteiger partial charge in [0.05, 0.1) is 22.9 Å². The minimum atomic E-state index is -1.24. The fourth-order valence-corrected chi connectivity index (χ4v) is 2.27. The first-order valence-corrected chi connectivity index (χ1v) is 5.82. The standard InChI is InChI=1S/C14H12N2O2/c1-2-10-13-9(7-12(15-10)14(17)18)8-5-3-4-6-11(8)16-13/h3-7,16H,2H2,1H3,(H,17,18)/p-1. The molecule has 0 unspecified atom stereocenters. The van der Waals surface area contributed by atoms with Crippen LogP contribution in [-0.4, -0.2) is 15.9 Å². The number of hydrogen-bond donors (Lipinski definition) is 1. The molecule has 3 rings (SSSR count). The summed E-state index contributed by atoms with van der Waals surface area (Å²) in [6, 6.07) is 9.37. The van der Waals surface area contributed by atoms with E-state index in [1.807, 2.05) is 31.2 Å². The van der Waals surface area contributed by atoms with Crippen LogP contribution in [0.15, 0.2) is 30.3 Å². The predicted octanol–water partition coefficient (Wildman–Crippen LogP) is 1.64. The summed E-state index contributed by atoms with van der Waals surface area (Å²) in [4.78, 5) is 18.4. The number of fused-ring (bicyclic) bond motifs is 3. The minimum absolute atomic E-state index is 0.0101. The Balaban J connectivity index is 2.48. The molecule has 0 aliphatic carbocycles. The number of nitrogens with one attached hydrogen (secondary N) is 1. The van der Waals surface area contributed by atoms with Crippen molar-refractivity contribution in [2.75, 3.05) is 0 Å². The average Bonchev–Trinajstić information content (AvgIpc) is 2.76. The van der Waals surface area contributed by atoms with Gasteiger partial charge in [0.25, 0.3) is 0 Å². The highest BCUT2D eigenvalue weighted by Gasteiger charge is 2.10. The van der Waals surface area contributed by atoms with Gasteiger partial charge in [-0.3, -0.25) is 0 Å². The lowest BCUT2D eigenvalue weighted by atomic mass is 10.1. The molecule has 0 spiro atoms. The van der Waals surface area contributed by atoms with Gasteiger partial charge in [-0.05, 0) is 18.6 Å². The molecule has 0 bridgehead atoms. The Morgan fingerprint density at radius 3 is 2.83 bits per heavy atom. The van der Waals surface area contributed by atoms with Crippen molar-refractivity contribution in [1.82, 2.24) is 9.97 Å². The van der Waals surface area contributed by atoms with Gasteiger partial charge in [-0.1, -0.05) is 25.1 Å². The van der Waals surface area contributed by atoms with Crippen LogP contribution in [0.5, 0.6) is 0 Å². The largest absolute Gasteiger partial charge is 0.543 e. The van der Waals surface area contributed by atoms with Gasteiger partial charge < -0.3 is 14.9 Å². The van der Waals surface area contributed by atoms with Crippen LogP contribution in [-0.2, 0) is 6.42 Å². The third kappa shape index (κ3) is 1.46. The van der Waals surface area contributed by atoms with Crippen LogP contribution < -0.4 is 5.11 Å². The summed E-state index contributed by atoms with van der Waals surface area (Å²) in [6.45, 7) is 1.95. The number of pyridine rings is 1. The van der Waals surface area contributed by atoms with Crippen molar-refractivity contribution in [1.29, 1.82) is 0 Å². The zero-order valence-corrected chi connectivity index (χ0v) is 9.86. The number of benzene rings is 1. The summed E-state index contributed by atoms with van der Waals surface area (Å²) in [5.41, 5.74) is 2.63. The van der Waals surface area contributed by atoms with Gasteiger partial charge in [0.15, 0.2) is 0 Å². The van der Waals surface area contributed by atoms with Crippen LogP contribution in [0.4, 0.5) is 0 Å². The van der Waals surface area contributed by atoms with Gasteiger partial charge >= 0.3 is 0 Å². The molecule has 4 nitrogen and oxygen atoms in total. The van der Waals surface area contributed by atoms with Crippen molar-refractivity contribution in [2.24, 2.45) is 0 Å². The molecule has 4 heteroatoms. The summed E-state index contributed by atoms with van der Waals surface area (Å²) >= 11 is 0. The maximum atomic E-state index is 11.0. The molecular weight excluding hydrogens is 228 g/mol. The normalized spacial score (nSPS) is 11.2. The molecule has 18 heavy (non-hydrogen) atoms. The number of rotatable bonds is 2. The van der Waals surface area contributed by atoms with Crippen LogP contribution in [0.2, 0.25) is 0 Å². The topological polar surface area (TPSA) is 68.8 Å². The second-order valence-corrected chi connectivity index (χ2v) is 4.19. The van der Waals surface area contributed by atoms with E-state index < -0.39 is 5.97 Å². The molecule has 0 fully saturated rings. The SMILES string of the molecule is CCc1nc(C(=O)[O-])cc2c1[nH]c1ccccc12. The van der Waals surface area contributed by atoms with Gasteiger partial charge in [0, 0.05) is 16.3 Å². The molecule has 0 saturated heterocycles. The van der Waals surface area contributed by atoms with Gasteiger partial charge in [0.1, 0.15) is 0 Å². The highest BCUT2D eigenvalue weighted by molar-refractivity contribution is 6.09. The number of aromatic amines is 1. The van der Waals surface area contributed by atoms with Gasteiger partial charge in [-0.25, -0.2) is 4.98 Å². The molecule has 90 valence electrons. The zero-order chi connectivity index (χ0) is 12.7. The molecule has 0 amide bonds. The number of nitrogens with zero attached hydrogens (tertiary/aromatic N) is 1. The van der Waals surface area contributed by atoms with E-state index in [-0.39, 0.29) is 5.69 Å². The van der Waals surface area contributed by atoms with Crippen LogP contribution >= 0.6 is 0 Å². The van der Waals surface area contributed by atoms with E-state index in [4.69, 9.17) is 0 Å². The van der Waals surface area contributed by atoms with E-state index in [0.29, 0.717) is 6.42 Å². The maximum Gasteiger partial charge on any atom is 0.0900 e. The fourth-order valence-electron chi connectivity index (χ4n) is 2.27. The van der Waals surface area contributed by atoms with E-state index >= 15 is 0 Å². The predicted molar refractivity (Wildman–Crippen MR) is 67.3 cm³/mol. The smallest absolute Gasteiger partial charge is 0.0900 e. The van der Waals surface area contributed by atoms with Crippen molar-refractivity contribution < 1.29 is 9.90 Å². The van der Waals surface area contributed by atoms with Crippen LogP contribution in [0.1, 0.15) is 23.1 Å². The Kier molecular flexibility index (Phi) is 2.30. The van der Waals surface area contributed by atoms with E-state index in [0.717, 1.165) is 27.5 Å². The van der Waals surface area contributed by atoms with Gasteiger partial charge in [-0.2, -0.15) is 0 Å². The molecule has 0 atom stereocenters. The van der Waals surface area contributed by atoms with E-state index in [9.17, 15) is 9.90 Å². The third-order valence-electron chi connectivity index (χ3n) is 3.12. The fraction of sp³-hybridized carbons (Fsp3) is 0.143. The van der Waals surface area contributed by atoms with Crippen molar-refractivity contribution in [3.8, 4) is 0 Å². The van der Waals surface area contributed by atoms with E-state index in [2.05, 4.69) is 9.97 Å². The van der Waals surface area contributed by atoms with Crippen LogP contribution in [0, 0.1) is 0 Å². The van der Waals surface area contributed by atoms with Crippen LogP contribution in [0.3, 0.4) is 0 Å². The molecule has 2 heterocycles. The molecule has 1 N–H and O–H groups in total. The summed E-state index contributed by atoms with van der Waals surface area (Å²) in [5.74, 6) is -1.24. The number of hydrogen-bond acceptors (Lipinski definition) is 3. The first-order valence-electron chi connectivity index (χ1n) is 5.82. The Hall–Kier alpha value is -2.36. The number of carboxylic acid groups (broad SMARTS) is 1. The molecular formula is C14H11N2O2-. The first kappa shape index (κ1) is 10.8. The Morgan fingerprint density at radius 2 is 2.11 bits per heavy atom. The lowest BCUT2D eigenvalue weighted by molar-refractivity contribution is -0.255. The summed E-state index contributed by atoms with van der Waals surface area (Å²) in [5, 5.41) is 12.9. The first-order chi connectivity index (χ1) is 8.70. The summed E-state index contributed by atoms with van der Waals surface area (Å²) in [7, 11) is 0. The zero-order valence-electron chi connectivity index (χ0n) is 9.86. The number of para-hydroxylation sites is 1. The highest BCUT2D eigenvalue weighted by Crippen LogP contribution is 2.27. The number of H-pyrrole nitrogens is 1. The molecule has 0 radical (unpaired) electrons. The third-order valence-corrected chi connectivity index (χ3v) is 3.12. The molecule has 0 saturated carbocycles. The Bertz CT molecular complexity index is 759. The van der Waals surface area contributed by atoms with Crippen molar-refractivity contribution in [3.05, 3.63) is 41.7 Å². The number of aryl methyl sites for hydroxylation is 1. The number of carbonyl (C=O) groups is 1. The quantitative estimate of drug-likeness (QED) is 0.739. The number of carbonyl (C=O) groups excluding carboxylic acids is 1. The molecule has 0 aliphatic heterocycles. The number of carboxylic acids is 1. The highest BCUT2D eigenvalue weighted by atomic mass is 16.4. The van der Waals surface area contributed by atoms with Crippen molar-refractivity contribution in [2.45, 2.75) is 13.3 Å². The lowest BCUT2D eigenvalue weighted by Gasteiger charge is -2.05. The van der Waals surface area contributed by atoms with E-state index in [1.54, 1.807) is 6.07 Å². The van der Waals surface area contributed by atoms with Gasteiger partial charge in [0.2, 0.25) is 0 Å². The molecule has 3 aromatic rings. The number of aromatic nitrogens is 2. The Morgan fingerprint density at radius 1 is 1.33 bits per heavy atom. The average molecular weight is 239 g/mol. The second-order valence-electron chi connectivity index (χ2n) is 4.19. The minimum Gasteiger partial charge on any atom is -0.543 e. The Labute approximate surface area is 103 Å². The maximum absolute atomic E-state index is 11.0. The van der Waals surface area contributed by atoms with E-state index in [1.165, 1.54) is 0 Å². The molecule has 1 aromatic carbocycles. The van der Waals surface area contributed by atoms with Crippen LogP contribution in [0.25, 0.3) is 21.8 Å². The van der Waals surface area contributed by atoms with Crippen molar-refractivity contribution in [3.63, 3.8) is 0 Å². The number of aromatic carboxylic acids is 1. The van der Waals surface area contributed by atoms with Gasteiger partial charge in [-0.15, -0.1) is 0 Å². The monoisotopic (exact) mass is 239 g/mol. The second kappa shape index (κ2) is 3.84. The lowest BCUT2D eigenvalue weighted by Crippen LogP contribution is -2.23. The summed E-state index contributed by atoms with van der Waals surface area (Å²) in [6.07, 6.45) is 0.671. The molecule has 2 aromatic heterocycles. The summed E-state index contributed by atoms with van der Waals surface area (Å²) < 4.78 is 0. The van der Waals surface area contributed by atoms with Crippen molar-refractivity contribution >= 4 is 27.8 Å². The molecule has 0 aliphatic rings.